The van der Waals surface area contributed by atoms with Crippen LogP contribution in [-0.4, -0.2) is 22.4 Å². The topological polar surface area (TPSA) is 114 Å². The first-order valence-corrected chi connectivity index (χ1v) is 7.48. The van der Waals surface area contributed by atoms with Crippen LogP contribution in [0.2, 0.25) is 0 Å². The first kappa shape index (κ1) is 18.7. The summed E-state index contributed by atoms with van der Waals surface area (Å²) in [5.74, 6) is -1.43. The van der Waals surface area contributed by atoms with Crippen LogP contribution in [0.1, 0.15) is 23.7 Å². The number of nitrogens with one attached hydrogen (secondary N) is 2. The van der Waals surface area contributed by atoms with E-state index in [9.17, 15) is 24.1 Å². The Balaban J connectivity index is 1.91. The molecule has 0 fully saturated rings. The SMILES string of the molecule is CC(CC(=O)Nc1ccc(F)cc1)=NNC(=O)c1cccc([N+](=O)[O-])c1. The predicted octanol–water partition coefficient (Wildman–Crippen LogP) is 2.87. The quantitative estimate of drug-likeness (QED) is 0.469. The summed E-state index contributed by atoms with van der Waals surface area (Å²) >= 11 is 0. The number of anilines is 1. The lowest BCUT2D eigenvalue weighted by Gasteiger charge is -2.05. The lowest BCUT2D eigenvalue weighted by atomic mass is 10.2. The fourth-order valence-corrected chi connectivity index (χ4v) is 1.98. The van der Waals surface area contributed by atoms with Gasteiger partial charge < -0.3 is 5.32 Å². The van der Waals surface area contributed by atoms with Crippen molar-refractivity contribution >= 4 is 28.9 Å². The number of hydrogen-bond acceptors (Lipinski definition) is 5. The minimum Gasteiger partial charge on any atom is -0.326 e. The molecule has 2 rings (SSSR count). The molecular formula is C17H15FN4O4. The minimum atomic E-state index is -0.632. The summed E-state index contributed by atoms with van der Waals surface area (Å²) < 4.78 is 12.8. The maximum absolute atomic E-state index is 12.8. The number of hydrazone groups is 1. The number of nitro groups is 1. The lowest BCUT2D eigenvalue weighted by molar-refractivity contribution is -0.384. The average molecular weight is 358 g/mol. The van der Waals surface area contributed by atoms with Crippen LogP contribution in [0.3, 0.4) is 0 Å². The molecule has 0 saturated heterocycles. The second-order valence-corrected chi connectivity index (χ2v) is 5.33. The van der Waals surface area contributed by atoms with Gasteiger partial charge in [0, 0.05) is 29.1 Å². The summed E-state index contributed by atoms with van der Waals surface area (Å²) in [7, 11) is 0. The molecule has 0 spiro atoms. The van der Waals surface area contributed by atoms with E-state index in [1.807, 2.05) is 0 Å². The molecule has 26 heavy (non-hydrogen) atoms. The zero-order valence-electron chi connectivity index (χ0n) is 13.7. The molecule has 0 radical (unpaired) electrons. The number of carbonyl (C=O) groups is 2. The summed E-state index contributed by atoms with van der Waals surface area (Å²) in [5, 5.41) is 17.1. The Morgan fingerprint density at radius 2 is 1.88 bits per heavy atom. The van der Waals surface area contributed by atoms with Gasteiger partial charge in [0.05, 0.1) is 11.3 Å². The van der Waals surface area contributed by atoms with Crippen LogP contribution in [0.15, 0.2) is 53.6 Å². The molecule has 0 unspecified atom stereocenters. The van der Waals surface area contributed by atoms with Crippen LogP contribution in [0, 0.1) is 15.9 Å². The maximum atomic E-state index is 12.8. The van der Waals surface area contributed by atoms with Crippen LogP contribution >= 0.6 is 0 Å². The fourth-order valence-electron chi connectivity index (χ4n) is 1.98. The molecule has 2 aromatic carbocycles. The van der Waals surface area contributed by atoms with E-state index in [0.29, 0.717) is 11.4 Å². The van der Waals surface area contributed by atoms with Crippen molar-refractivity contribution in [3.05, 3.63) is 70.0 Å². The van der Waals surface area contributed by atoms with Crippen molar-refractivity contribution in [1.29, 1.82) is 0 Å². The molecule has 0 heterocycles. The third-order valence-electron chi connectivity index (χ3n) is 3.21. The highest BCUT2D eigenvalue weighted by molar-refractivity contribution is 6.06. The summed E-state index contributed by atoms with van der Waals surface area (Å²) in [5.41, 5.74) is 2.86. The number of carbonyl (C=O) groups excluding carboxylic acids is 2. The molecule has 0 saturated carbocycles. The van der Waals surface area contributed by atoms with Crippen molar-refractivity contribution in [3.8, 4) is 0 Å². The molecule has 0 aliphatic carbocycles. The number of hydrogen-bond donors (Lipinski definition) is 2. The van der Waals surface area contributed by atoms with Crippen LogP contribution in [-0.2, 0) is 4.79 Å². The van der Waals surface area contributed by atoms with Gasteiger partial charge in [-0.2, -0.15) is 5.10 Å². The standard InChI is InChI=1S/C17H15FN4O4/c1-11(9-16(23)19-14-7-5-13(18)6-8-14)20-21-17(24)12-3-2-4-15(10-12)22(25)26/h2-8,10H,9H2,1H3,(H,19,23)(H,21,24). The zero-order valence-corrected chi connectivity index (χ0v) is 13.7. The van der Waals surface area contributed by atoms with Crippen LogP contribution in [0.4, 0.5) is 15.8 Å². The highest BCUT2D eigenvalue weighted by Crippen LogP contribution is 2.13. The van der Waals surface area contributed by atoms with Gasteiger partial charge >= 0.3 is 0 Å². The molecular weight excluding hydrogens is 343 g/mol. The Morgan fingerprint density at radius 1 is 1.19 bits per heavy atom. The van der Waals surface area contributed by atoms with E-state index in [4.69, 9.17) is 0 Å². The molecule has 2 amide bonds. The van der Waals surface area contributed by atoms with E-state index in [1.165, 1.54) is 49.4 Å². The minimum absolute atomic E-state index is 0.0755. The first-order chi connectivity index (χ1) is 12.3. The Labute approximate surface area is 147 Å². The number of benzene rings is 2. The van der Waals surface area contributed by atoms with E-state index in [0.717, 1.165) is 6.07 Å². The number of nitrogens with zero attached hydrogens (tertiary/aromatic N) is 2. The average Bonchev–Trinajstić information content (AvgIpc) is 2.61. The predicted molar refractivity (Wildman–Crippen MR) is 93.3 cm³/mol. The van der Waals surface area contributed by atoms with Crippen LogP contribution in [0.25, 0.3) is 0 Å². The van der Waals surface area contributed by atoms with Crippen LogP contribution < -0.4 is 10.7 Å². The molecule has 8 nitrogen and oxygen atoms in total. The Bertz CT molecular complexity index is 865. The lowest BCUT2D eigenvalue weighted by Crippen LogP contribution is -2.21. The van der Waals surface area contributed by atoms with E-state index >= 15 is 0 Å². The summed E-state index contributed by atoms with van der Waals surface area (Å²) in [6.07, 6.45) is -0.0907. The molecule has 0 aromatic heterocycles. The van der Waals surface area contributed by atoms with E-state index < -0.39 is 16.6 Å². The molecule has 0 atom stereocenters. The highest BCUT2D eigenvalue weighted by Gasteiger charge is 2.11. The Kier molecular flexibility index (Phi) is 6.10. The third kappa shape index (κ3) is 5.48. The van der Waals surface area contributed by atoms with E-state index in [-0.39, 0.29) is 23.6 Å². The second-order valence-electron chi connectivity index (χ2n) is 5.33. The van der Waals surface area contributed by atoms with E-state index in [2.05, 4.69) is 15.8 Å². The van der Waals surface area contributed by atoms with Gasteiger partial charge in [-0.3, -0.25) is 19.7 Å². The molecule has 9 heteroatoms. The molecule has 0 aliphatic heterocycles. The van der Waals surface area contributed by atoms with Crippen molar-refractivity contribution in [2.24, 2.45) is 5.10 Å². The van der Waals surface area contributed by atoms with Crippen molar-refractivity contribution < 1.29 is 18.9 Å². The molecule has 0 aliphatic rings. The van der Waals surface area contributed by atoms with Crippen molar-refractivity contribution in [2.75, 3.05) is 5.32 Å². The van der Waals surface area contributed by atoms with Crippen molar-refractivity contribution in [1.82, 2.24) is 5.43 Å². The van der Waals surface area contributed by atoms with Crippen molar-refractivity contribution in [2.45, 2.75) is 13.3 Å². The summed E-state index contributed by atoms with van der Waals surface area (Å²) in [6, 6.07) is 10.5. The molecule has 2 aromatic rings. The second kappa shape index (κ2) is 8.47. The number of rotatable bonds is 6. The molecule has 134 valence electrons. The van der Waals surface area contributed by atoms with Crippen LogP contribution in [0.5, 0.6) is 0 Å². The van der Waals surface area contributed by atoms with Gasteiger partial charge in [-0.15, -0.1) is 0 Å². The fraction of sp³-hybridized carbons (Fsp3) is 0.118. The van der Waals surface area contributed by atoms with Gasteiger partial charge in [-0.1, -0.05) is 6.07 Å². The number of non-ortho nitro benzene ring substituents is 1. The smallest absolute Gasteiger partial charge is 0.271 e. The van der Waals surface area contributed by atoms with Gasteiger partial charge in [0.15, 0.2) is 0 Å². The summed E-state index contributed by atoms with van der Waals surface area (Å²) in [6.45, 7) is 1.54. The zero-order chi connectivity index (χ0) is 19.1. The number of nitro benzene ring substituents is 1. The van der Waals surface area contributed by atoms with E-state index in [1.54, 1.807) is 0 Å². The van der Waals surface area contributed by atoms with Crippen molar-refractivity contribution in [3.63, 3.8) is 0 Å². The summed E-state index contributed by atoms with van der Waals surface area (Å²) in [4.78, 5) is 33.9. The third-order valence-corrected chi connectivity index (χ3v) is 3.21. The monoisotopic (exact) mass is 358 g/mol. The van der Waals surface area contributed by atoms with Gasteiger partial charge in [-0.25, -0.2) is 9.82 Å². The maximum Gasteiger partial charge on any atom is 0.271 e. The van der Waals surface area contributed by atoms with Gasteiger partial charge in [0.1, 0.15) is 5.82 Å². The highest BCUT2D eigenvalue weighted by atomic mass is 19.1. The number of halogens is 1. The molecule has 2 N–H and O–H groups in total. The Morgan fingerprint density at radius 3 is 2.54 bits per heavy atom. The van der Waals surface area contributed by atoms with Gasteiger partial charge in [-0.05, 0) is 37.3 Å². The number of amides is 2. The molecule has 0 bridgehead atoms. The van der Waals surface area contributed by atoms with Gasteiger partial charge in [0.25, 0.3) is 11.6 Å². The largest absolute Gasteiger partial charge is 0.326 e. The first-order valence-electron chi connectivity index (χ1n) is 7.48. The Hall–Kier alpha value is -3.62. The van der Waals surface area contributed by atoms with Gasteiger partial charge in [0.2, 0.25) is 5.91 Å². The normalized spacial score (nSPS) is 10.9.